The molecule has 1 aliphatic heterocycles. The minimum atomic E-state index is -0.205. The number of hydrogen-bond acceptors (Lipinski definition) is 5. The molecule has 32 heavy (non-hydrogen) atoms. The molecule has 0 amide bonds. The third-order valence-electron chi connectivity index (χ3n) is 6.63. The highest BCUT2D eigenvalue weighted by Gasteiger charge is 2.31. The second kappa shape index (κ2) is 8.00. The molecule has 7 heteroatoms. The molecule has 0 radical (unpaired) electrons. The van der Waals surface area contributed by atoms with E-state index in [0.717, 1.165) is 47.8 Å². The number of aromatic amines is 2. The van der Waals surface area contributed by atoms with E-state index >= 15 is 0 Å². The summed E-state index contributed by atoms with van der Waals surface area (Å²) in [5, 5.41) is 7.94. The van der Waals surface area contributed by atoms with Gasteiger partial charge in [-0.3, -0.25) is 19.6 Å². The first kappa shape index (κ1) is 19.4. The van der Waals surface area contributed by atoms with E-state index in [1.54, 1.807) is 12.4 Å². The van der Waals surface area contributed by atoms with E-state index in [9.17, 15) is 4.79 Å². The van der Waals surface area contributed by atoms with Crippen molar-refractivity contribution < 1.29 is 0 Å². The molecule has 2 N–H and O–H groups in total. The minimum Gasteiger partial charge on any atom is -0.354 e. The number of fused-ring (bicyclic) bond motifs is 1. The highest BCUT2D eigenvalue weighted by atomic mass is 16.1. The van der Waals surface area contributed by atoms with Crippen molar-refractivity contribution in [3.63, 3.8) is 0 Å². The zero-order chi connectivity index (χ0) is 21.5. The molecule has 0 bridgehead atoms. The number of nitrogens with one attached hydrogen (secondary N) is 2. The van der Waals surface area contributed by atoms with Gasteiger partial charge in [-0.1, -0.05) is 12.1 Å². The van der Waals surface area contributed by atoms with Crippen molar-refractivity contribution in [2.24, 2.45) is 0 Å². The summed E-state index contributed by atoms with van der Waals surface area (Å²) in [7, 11) is 0. The predicted molar refractivity (Wildman–Crippen MR) is 125 cm³/mol. The molecule has 2 fully saturated rings. The number of benzene rings is 1. The number of hydrogen-bond donors (Lipinski definition) is 2. The van der Waals surface area contributed by atoms with Crippen molar-refractivity contribution in [3.05, 3.63) is 70.8 Å². The van der Waals surface area contributed by atoms with Gasteiger partial charge in [0.2, 0.25) is 0 Å². The lowest BCUT2D eigenvalue weighted by Crippen LogP contribution is -2.46. The van der Waals surface area contributed by atoms with Gasteiger partial charge in [0.15, 0.2) is 0 Å². The van der Waals surface area contributed by atoms with E-state index < -0.39 is 0 Å². The second-order valence-corrected chi connectivity index (χ2v) is 8.88. The Labute approximate surface area is 186 Å². The Bertz CT molecular complexity index is 1300. The van der Waals surface area contributed by atoms with Crippen molar-refractivity contribution in [2.45, 2.75) is 25.4 Å². The first-order valence-electron chi connectivity index (χ1n) is 11.3. The van der Waals surface area contributed by atoms with Crippen LogP contribution in [0.2, 0.25) is 0 Å². The first-order chi connectivity index (χ1) is 15.7. The summed E-state index contributed by atoms with van der Waals surface area (Å²) in [6.45, 7) is 5.60. The summed E-state index contributed by atoms with van der Waals surface area (Å²) in [6.07, 6.45) is 6.21. The van der Waals surface area contributed by atoms with Crippen LogP contribution < -0.4 is 5.56 Å². The van der Waals surface area contributed by atoms with Gasteiger partial charge in [0.1, 0.15) is 0 Å². The number of nitrogens with zero attached hydrogens (tertiary/aromatic N) is 4. The number of aromatic nitrogens is 4. The molecule has 162 valence electrons. The number of pyridine rings is 1. The van der Waals surface area contributed by atoms with Crippen molar-refractivity contribution in [3.8, 4) is 22.5 Å². The van der Waals surface area contributed by atoms with Crippen LogP contribution in [0, 0.1) is 0 Å². The van der Waals surface area contributed by atoms with Crippen LogP contribution in [0.4, 0.5) is 0 Å². The monoisotopic (exact) mass is 426 g/mol. The van der Waals surface area contributed by atoms with Gasteiger partial charge in [-0.25, -0.2) is 5.10 Å². The van der Waals surface area contributed by atoms with E-state index in [2.05, 4.69) is 48.2 Å². The average molecular weight is 427 g/mol. The maximum Gasteiger partial charge on any atom is 0.273 e. The molecule has 3 aromatic heterocycles. The maximum atomic E-state index is 12.5. The van der Waals surface area contributed by atoms with Gasteiger partial charge in [-0.2, -0.15) is 5.10 Å². The van der Waals surface area contributed by atoms with Crippen LogP contribution in [0.5, 0.6) is 0 Å². The molecule has 0 spiro atoms. The molecule has 7 nitrogen and oxygen atoms in total. The lowest BCUT2D eigenvalue weighted by atomic mass is 10.1. The Hall–Kier alpha value is -3.29. The Kier molecular flexibility index (Phi) is 4.85. The number of H-pyrrole nitrogens is 2. The molecule has 4 heterocycles. The quantitative estimate of drug-likeness (QED) is 0.512. The molecule has 0 unspecified atom stereocenters. The first-order valence-corrected chi connectivity index (χ1v) is 11.3. The van der Waals surface area contributed by atoms with Gasteiger partial charge in [0.05, 0.1) is 17.0 Å². The van der Waals surface area contributed by atoms with Crippen LogP contribution >= 0.6 is 0 Å². The molecule has 0 atom stereocenters. The maximum absolute atomic E-state index is 12.5. The zero-order valence-corrected chi connectivity index (χ0v) is 17.9. The highest BCUT2D eigenvalue weighted by molar-refractivity contribution is 5.86. The average Bonchev–Trinajstić information content (AvgIpc) is 3.59. The van der Waals surface area contributed by atoms with Crippen molar-refractivity contribution >= 4 is 10.9 Å². The summed E-state index contributed by atoms with van der Waals surface area (Å²) in [5.74, 6) is 0. The molecule has 1 aromatic carbocycles. The van der Waals surface area contributed by atoms with Crippen LogP contribution in [0.3, 0.4) is 0 Å². The Balaban J connectivity index is 1.24. The third-order valence-corrected chi connectivity index (χ3v) is 6.63. The van der Waals surface area contributed by atoms with Gasteiger partial charge in [0, 0.05) is 67.6 Å². The predicted octanol–water partition coefficient (Wildman–Crippen LogP) is 3.26. The highest BCUT2D eigenvalue weighted by Crippen LogP contribution is 2.28. The molecule has 6 rings (SSSR count). The summed E-state index contributed by atoms with van der Waals surface area (Å²) in [4.78, 5) is 25.2. The molecular formula is C25H26N6O. The van der Waals surface area contributed by atoms with Crippen LogP contribution in [0.1, 0.15) is 18.4 Å². The lowest BCUT2D eigenvalue weighted by molar-refractivity contribution is 0.121. The molecule has 2 aliphatic rings. The number of piperazine rings is 1. The van der Waals surface area contributed by atoms with E-state index in [1.165, 1.54) is 31.5 Å². The zero-order valence-electron chi connectivity index (χ0n) is 17.9. The third kappa shape index (κ3) is 3.85. The van der Waals surface area contributed by atoms with Crippen molar-refractivity contribution in [1.29, 1.82) is 0 Å². The van der Waals surface area contributed by atoms with Gasteiger partial charge < -0.3 is 4.98 Å². The Morgan fingerprint density at radius 2 is 1.78 bits per heavy atom. The molecule has 1 saturated heterocycles. The summed E-state index contributed by atoms with van der Waals surface area (Å²) in [6, 6.07) is 15.1. The van der Waals surface area contributed by atoms with Crippen LogP contribution in [0.15, 0.2) is 59.7 Å². The van der Waals surface area contributed by atoms with Crippen LogP contribution in [0.25, 0.3) is 33.4 Å². The fourth-order valence-corrected chi connectivity index (χ4v) is 4.68. The van der Waals surface area contributed by atoms with Gasteiger partial charge in [-0.05, 0) is 48.7 Å². The van der Waals surface area contributed by atoms with E-state index in [1.807, 2.05) is 24.3 Å². The van der Waals surface area contributed by atoms with Crippen LogP contribution in [-0.2, 0) is 6.54 Å². The van der Waals surface area contributed by atoms with Gasteiger partial charge in [-0.15, -0.1) is 0 Å². The summed E-state index contributed by atoms with van der Waals surface area (Å²) >= 11 is 0. The molecule has 1 saturated carbocycles. The molecular weight excluding hydrogens is 400 g/mol. The fourth-order valence-electron chi connectivity index (χ4n) is 4.68. The van der Waals surface area contributed by atoms with E-state index in [4.69, 9.17) is 0 Å². The second-order valence-electron chi connectivity index (χ2n) is 8.88. The SMILES string of the molecule is O=c1[nH]nc(-c2ccncc2)cc1-c1cc2ccc(CN3CCN(C4CC4)CC3)cc2[nH]1. The minimum absolute atomic E-state index is 0.205. The standard InChI is InChI=1S/C25H26N6O/c32-25-21(15-23(28-29-25)18-5-7-26-8-6-18)24-14-19-2-1-17(13-22(19)27-24)16-30-9-11-31(12-10-30)20-3-4-20/h1-2,5-8,13-15,20,27H,3-4,9-12,16H2,(H,29,32). The summed E-state index contributed by atoms with van der Waals surface area (Å²) < 4.78 is 0. The van der Waals surface area contributed by atoms with E-state index in [-0.39, 0.29) is 5.56 Å². The lowest BCUT2D eigenvalue weighted by Gasteiger charge is -2.34. The Morgan fingerprint density at radius 1 is 0.969 bits per heavy atom. The largest absolute Gasteiger partial charge is 0.354 e. The van der Waals surface area contributed by atoms with Gasteiger partial charge >= 0.3 is 0 Å². The smallest absolute Gasteiger partial charge is 0.273 e. The Morgan fingerprint density at radius 3 is 2.56 bits per heavy atom. The number of rotatable bonds is 5. The topological polar surface area (TPSA) is 80.9 Å². The van der Waals surface area contributed by atoms with Crippen molar-refractivity contribution in [1.82, 2.24) is 30.0 Å². The normalized spacial score (nSPS) is 17.8. The summed E-state index contributed by atoms with van der Waals surface area (Å²) in [5.41, 5.74) is 5.16. The van der Waals surface area contributed by atoms with Gasteiger partial charge in [0.25, 0.3) is 5.56 Å². The molecule has 1 aliphatic carbocycles. The van der Waals surface area contributed by atoms with E-state index in [0.29, 0.717) is 11.3 Å². The fraction of sp³-hybridized carbons (Fsp3) is 0.320. The van der Waals surface area contributed by atoms with Crippen molar-refractivity contribution in [2.75, 3.05) is 26.2 Å². The molecule has 4 aromatic rings. The van der Waals surface area contributed by atoms with Crippen LogP contribution in [-0.4, -0.2) is 62.2 Å².